The predicted molar refractivity (Wildman–Crippen MR) is 107 cm³/mol. The summed E-state index contributed by atoms with van der Waals surface area (Å²) in [6, 6.07) is 5.67. The Labute approximate surface area is 161 Å². The van der Waals surface area contributed by atoms with Gasteiger partial charge >= 0.3 is 5.69 Å². The molecule has 8 heteroatoms. The van der Waals surface area contributed by atoms with Crippen molar-refractivity contribution in [2.24, 2.45) is 7.05 Å². The number of hydrogen-bond donors (Lipinski definition) is 1. The maximum Gasteiger partial charge on any atom is 0.332 e. The molecule has 1 aromatic carbocycles. The number of anilines is 1. The number of aromatic nitrogens is 3. The number of fused-ring (bicyclic) bond motifs is 1. The molecule has 0 saturated carbocycles. The first-order chi connectivity index (χ1) is 13.2. The van der Waals surface area contributed by atoms with E-state index in [4.69, 9.17) is 4.74 Å². The molecule has 28 heavy (non-hydrogen) atoms. The minimum Gasteiger partial charge on any atom is -0.495 e. The van der Waals surface area contributed by atoms with Crippen molar-refractivity contribution in [1.29, 1.82) is 0 Å². The average Bonchev–Trinajstić information content (AvgIpc) is 2.66. The molecule has 1 amide bonds. The van der Waals surface area contributed by atoms with Crippen LogP contribution in [0.15, 0.2) is 34.0 Å². The van der Waals surface area contributed by atoms with Crippen molar-refractivity contribution < 1.29 is 9.53 Å². The second-order valence-corrected chi connectivity index (χ2v) is 6.77. The van der Waals surface area contributed by atoms with Crippen molar-refractivity contribution in [3.63, 3.8) is 0 Å². The molecular formula is C20H22N4O4. The van der Waals surface area contributed by atoms with Crippen LogP contribution in [0.1, 0.15) is 16.7 Å². The topological polar surface area (TPSA) is 95.2 Å². The highest BCUT2D eigenvalue weighted by atomic mass is 16.5. The van der Waals surface area contributed by atoms with Crippen LogP contribution in [0.4, 0.5) is 5.69 Å². The lowest BCUT2D eigenvalue weighted by molar-refractivity contribution is -0.116. The first-order valence-electron chi connectivity index (χ1n) is 8.74. The third-order valence-corrected chi connectivity index (χ3v) is 4.66. The van der Waals surface area contributed by atoms with Crippen LogP contribution >= 0.6 is 0 Å². The summed E-state index contributed by atoms with van der Waals surface area (Å²) in [5.74, 6) is -0.124. The number of carbonyl (C=O) groups is 1. The monoisotopic (exact) mass is 382 g/mol. The maximum absolute atomic E-state index is 13.0. The smallest absolute Gasteiger partial charge is 0.332 e. The molecular weight excluding hydrogens is 360 g/mol. The fraction of sp³-hybridized carbons (Fsp3) is 0.300. The zero-order valence-electron chi connectivity index (χ0n) is 16.5. The van der Waals surface area contributed by atoms with E-state index < -0.39 is 23.7 Å². The summed E-state index contributed by atoms with van der Waals surface area (Å²) >= 11 is 0. The Morgan fingerprint density at radius 1 is 1.18 bits per heavy atom. The van der Waals surface area contributed by atoms with Gasteiger partial charge in [0, 0.05) is 24.5 Å². The first kappa shape index (κ1) is 19.3. The lowest BCUT2D eigenvalue weighted by atomic mass is 10.1. The first-order valence-corrected chi connectivity index (χ1v) is 8.74. The molecule has 1 N–H and O–H groups in total. The van der Waals surface area contributed by atoms with E-state index in [1.54, 1.807) is 6.92 Å². The number of hydrogen-bond acceptors (Lipinski definition) is 5. The fourth-order valence-electron chi connectivity index (χ4n) is 3.13. The Kier molecular flexibility index (Phi) is 5.04. The van der Waals surface area contributed by atoms with Gasteiger partial charge in [-0.25, -0.2) is 14.3 Å². The summed E-state index contributed by atoms with van der Waals surface area (Å²) in [4.78, 5) is 42.4. The number of nitrogens with zero attached hydrogens (tertiary/aromatic N) is 3. The fourth-order valence-corrected chi connectivity index (χ4v) is 3.13. The highest BCUT2D eigenvalue weighted by molar-refractivity contribution is 5.91. The van der Waals surface area contributed by atoms with E-state index in [0.29, 0.717) is 17.0 Å². The van der Waals surface area contributed by atoms with Crippen LogP contribution in [0, 0.1) is 20.8 Å². The van der Waals surface area contributed by atoms with E-state index in [9.17, 15) is 14.4 Å². The molecule has 0 aliphatic heterocycles. The van der Waals surface area contributed by atoms with Gasteiger partial charge in [0.25, 0.3) is 5.56 Å². The second-order valence-electron chi connectivity index (χ2n) is 6.77. The Morgan fingerprint density at radius 2 is 1.89 bits per heavy atom. The van der Waals surface area contributed by atoms with Crippen LogP contribution in [0.3, 0.4) is 0 Å². The number of pyridine rings is 1. The molecule has 8 nitrogen and oxygen atoms in total. The molecule has 0 bridgehead atoms. The maximum atomic E-state index is 13.0. The number of ether oxygens (including phenoxy) is 1. The quantitative estimate of drug-likeness (QED) is 0.741. The molecule has 0 unspecified atom stereocenters. The molecule has 0 atom stereocenters. The van der Waals surface area contributed by atoms with Crippen molar-refractivity contribution in [3.8, 4) is 5.75 Å². The molecule has 0 fully saturated rings. The lowest BCUT2D eigenvalue weighted by Crippen LogP contribution is -2.42. The number of rotatable bonds is 4. The van der Waals surface area contributed by atoms with Gasteiger partial charge < -0.3 is 10.1 Å². The molecule has 2 heterocycles. The SMILES string of the molecule is COc1c(C)cnc2c1c(=O)n(CC(=O)Nc1cc(C)ccc1C)c(=O)n2C. The van der Waals surface area contributed by atoms with Gasteiger partial charge in [0.1, 0.15) is 17.7 Å². The van der Waals surface area contributed by atoms with Crippen LogP contribution in [0.25, 0.3) is 11.0 Å². The van der Waals surface area contributed by atoms with Crippen LogP contribution in [0.5, 0.6) is 5.75 Å². The van der Waals surface area contributed by atoms with Gasteiger partial charge in [0.05, 0.1) is 7.11 Å². The molecule has 0 radical (unpaired) electrons. The number of methoxy groups -OCH3 is 1. The molecule has 0 spiro atoms. The van der Waals surface area contributed by atoms with Gasteiger partial charge in [-0.2, -0.15) is 0 Å². The Balaban J connectivity index is 2.08. The molecule has 0 saturated heterocycles. The van der Waals surface area contributed by atoms with Gasteiger partial charge in [0.2, 0.25) is 5.91 Å². The van der Waals surface area contributed by atoms with Crippen molar-refractivity contribution in [2.75, 3.05) is 12.4 Å². The van der Waals surface area contributed by atoms with E-state index in [1.807, 2.05) is 32.0 Å². The molecule has 0 aliphatic carbocycles. The summed E-state index contributed by atoms with van der Waals surface area (Å²) in [5, 5.41) is 2.94. The van der Waals surface area contributed by atoms with E-state index in [2.05, 4.69) is 10.3 Å². The molecule has 3 aromatic rings. The van der Waals surface area contributed by atoms with Crippen LogP contribution < -0.4 is 21.3 Å². The highest BCUT2D eigenvalue weighted by Gasteiger charge is 2.19. The van der Waals surface area contributed by atoms with E-state index in [-0.39, 0.29) is 11.0 Å². The van der Waals surface area contributed by atoms with Crippen molar-refractivity contribution in [1.82, 2.24) is 14.1 Å². The van der Waals surface area contributed by atoms with E-state index in [1.165, 1.54) is 24.9 Å². The third-order valence-electron chi connectivity index (χ3n) is 4.66. The number of benzene rings is 1. The van der Waals surface area contributed by atoms with Gasteiger partial charge in [-0.15, -0.1) is 0 Å². The Morgan fingerprint density at radius 3 is 2.57 bits per heavy atom. The lowest BCUT2D eigenvalue weighted by Gasteiger charge is -2.14. The summed E-state index contributed by atoms with van der Waals surface area (Å²) < 4.78 is 7.48. The summed E-state index contributed by atoms with van der Waals surface area (Å²) in [6.45, 7) is 5.13. The summed E-state index contributed by atoms with van der Waals surface area (Å²) in [5.41, 5.74) is 2.17. The average molecular weight is 382 g/mol. The zero-order valence-corrected chi connectivity index (χ0v) is 16.5. The largest absolute Gasteiger partial charge is 0.495 e. The van der Waals surface area contributed by atoms with Gasteiger partial charge in [0.15, 0.2) is 5.65 Å². The van der Waals surface area contributed by atoms with Gasteiger partial charge in [-0.3, -0.25) is 14.2 Å². The number of carbonyl (C=O) groups excluding carboxylic acids is 1. The minimum atomic E-state index is -0.618. The second kappa shape index (κ2) is 7.30. The van der Waals surface area contributed by atoms with Crippen molar-refractivity contribution >= 4 is 22.6 Å². The number of amides is 1. The predicted octanol–water partition coefficient (Wildman–Crippen LogP) is 1.67. The Bertz CT molecular complexity index is 1210. The summed E-state index contributed by atoms with van der Waals surface area (Å²) in [7, 11) is 2.95. The molecule has 3 rings (SSSR count). The van der Waals surface area contributed by atoms with Crippen LogP contribution in [0.2, 0.25) is 0 Å². The Hall–Kier alpha value is -3.42. The highest BCUT2D eigenvalue weighted by Crippen LogP contribution is 2.23. The van der Waals surface area contributed by atoms with E-state index in [0.717, 1.165) is 15.7 Å². The van der Waals surface area contributed by atoms with E-state index >= 15 is 0 Å². The normalized spacial score (nSPS) is 10.9. The third kappa shape index (κ3) is 3.28. The van der Waals surface area contributed by atoms with Gasteiger partial charge in [-0.1, -0.05) is 12.1 Å². The summed E-state index contributed by atoms with van der Waals surface area (Å²) in [6.07, 6.45) is 1.54. The molecule has 146 valence electrons. The number of nitrogens with one attached hydrogen (secondary N) is 1. The van der Waals surface area contributed by atoms with Crippen molar-refractivity contribution in [3.05, 3.63) is 61.9 Å². The minimum absolute atomic E-state index is 0.170. The van der Waals surface area contributed by atoms with Crippen LogP contribution in [-0.4, -0.2) is 27.1 Å². The van der Waals surface area contributed by atoms with Gasteiger partial charge in [-0.05, 0) is 38.0 Å². The van der Waals surface area contributed by atoms with Crippen LogP contribution in [-0.2, 0) is 18.4 Å². The standard InChI is InChI=1S/C20H22N4O4/c1-11-6-7-12(2)14(8-11)22-15(25)10-24-19(26)16-17(28-5)13(3)9-21-18(16)23(4)20(24)27/h6-9H,10H2,1-5H3,(H,22,25). The molecule has 0 aliphatic rings. The zero-order chi connectivity index (χ0) is 20.6. The molecule has 2 aromatic heterocycles. The number of aryl methyl sites for hydroxylation is 4. The van der Waals surface area contributed by atoms with Crippen molar-refractivity contribution in [2.45, 2.75) is 27.3 Å².